The van der Waals surface area contributed by atoms with Crippen molar-refractivity contribution in [3.05, 3.63) is 35.4 Å². The molecule has 0 bridgehead atoms. The lowest BCUT2D eigenvalue weighted by atomic mass is 10.1. The molecule has 0 unspecified atom stereocenters. The maximum absolute atomic E-state index is 11.3. The average Bonchev–Trinajstić information content (AvgIpc) is 2.25. The predicted molar refractivity (Wildman–Crippen MR) is 52.8 cm³/mol. The number of rotatable bonds is 3. The Balaban J connectivity index is 3.06. The van der Waals surface area contributed by atoms with E-state index >= 15 is 0 Å². The third-order valence-corrected chi connectivity index (χ3v) is 2.10. The first-order valence-electron chi connectivity index (χ1n) is 4.08. The highest BCUT2D eigenvalue weighted by Gasteiger charge is 2.09. The number of methoxy groups -OCH3 is 1. The van der Waals surface area contributed by atoms with Crippen LogP contribution in [0.5, 0.6) is 0 Å². The second-order valence-corrected chi connectivity index (χ2v) is 3.35. The van der Waals surface area contributed by atoms with Gasteiger partial charge in [0.1, 0.15) is 0 Å². The van der Waals surface area contributed by atoms with Crippen LogP contribution in [0.1, 0.15) is 15.9 Å². The second kappa shape index (κ2) is 5.26. The van der Waals surface area contributed by atoms with Gasteiger partial charge in [-0.2, -0.15) is 12.8 Å². The Morgan fingerprint density at radius 3 is 2.67 bits per heavy atom. The lowest BCUT2D eigenvalue weighted by molar-refractivity contribution is 0.0599. The normalized spacial score (nSPS) is 9.40. The second-order valence-electron chi connectivity index (χ2n) is 2.65. The zero-order valence-electron chi connectivity index (χ0n) is 8.00. The van der Waals surface area contributed by atoms with Gasteiger partial charge in [-0.05, 0) is 11.6 Å². The molecule has 0 fully saturated rings. The van der Waals surface area contributed by atoms with Crippen LogP contribution in [0.4, 0.5) is 0 Å². The van der Waals surface area contributed by atoms with Crippen LogP contribution in [-0.2, 0) is 21.8 Å². The molecule has 0 saturated carbocycles. The first-order valence-corrected chi connectivity index (χ1v) is 5.11. The molecule has 0 heterocycles. The van der Waals surface area contributed by atoms with Crippen LogP contribution in [-0.4, -0.2) is 21.5 Å². The Labute approximate surface area is 88.4 Å². The lowest BCUT2D eigenvalue weighted by Gasteiger charge is -2.03. The third kappa shape index (κ3) is 3.17. The molecular weight excluding hydrogens is 218 g/mol. The summed E-state index contributed by atoms with van der Waals surface area (Å²) in [4.78, 5) is 11.3. The van der Waals surface area contributed by atoms with Crippen molar-refractivity contribution < 1.29 is 17.9 Å². The van der Waals surface area contributed by atoms with E-state index in [0.29, 0.717) is 11.1 Å². The van der Waals surface area contributed by atoms with E-state index in [4.69, 9.17) is 0 Å². The number of carbonyl (C=O) groups excluding carboxylic acids is 1. The smallest absolute Gasteiger partial charge is 0.338 e. The lowest BCUT2D eigenvalue weighted by Crippen LogP contribution is -2.04. The van der Waals surface area contributed by atoms with Gasteiger partial charge in [-0.15, -0.1) is 0 Å². The first kappa shape index (κ1) is 11.4. The van der Waals surface area contributed by atoms with Crippen molar-refractivity contribution in [2.45, 2.75) is 6.54 Å². The molecule has 0 N–H and O–H groups in total. The van der Waals surface area contributed by atoms with Crippen molar-refractivity contribution in [3.8, 4) is 0 Å². The van der Waals surface area contributed by atoms with Crippen LogP contribution in [0.15, 0.2) is 28.6 Å². The monoisotopic (exact) mass is 227 g/mol. The van der Waals surface area contributed by atoms with E-state index in [1.165, 1.54) is 7.11 Å². The van der Waals surface area contributed by atoms with E-state index < -0.39 is 16.5 Å². The number of nitrogens with zero attached hydrogens (tertiary/aromatic N) is 1. The Morgan fingerprint density at radius 2 is 2.07 bits per heavy atom. The minimum Gasteiger partial charge on any atom is -0.465 e. The van der Waals surface area contributed by atoms with Gasteiger partial charge in [-0.1, -0.05) is 18.2 Å². The highest BCUT2D eigenvalue weighted by Crippen LogP contribution is 2.11. The maximum atomic E-state index is 11.3. The largest absolute Gasteiger partial charge is 0.465 e. The number of ether oxygens (including phenoxy) is 1. The standard InChI is InChI=1S/C9H9NO4S/c1-14-9(11)8-5-3-2-4-7(8)6-10-15(12)13/h2-5H,6H2,1H3. The molecule has 0 saturated heterocycles. The van der Waals surface area contributed by atoms with Crippen molar-refractivity contribution in [2.75, 3.05) is 7.11 Å². The summed E-state index contributed by atoms with van der Waals surface area (Å²) >= 11 is 0. The molecule has 1 rings (SSSR count). The molecule has 0 radical (unpaired) electrons. The van der Waals surface area contributed by atoms with E-state index in [-0.39, 0.29) is 6.54 Å². The van der Waals surface area contributed by atoms with Crippen LogP contribution in [0.2, 0.25) is 0 Å². The first-order chi connectivity index (χ1) is 7.15. The Hall–Kier alpha value is -1.69. The van der Waals surface area contributed by atoms with Gasteiger partial charge in [0.15, 0.2) is 0 Å². The van der Waals surface area contributed by atoms with Crippen molar-refractivity contribution in [2.24, 2.45) is 4.36 Å². The van der Waals surface area contributed by atoms with E-state index in [9.17, 15) is 13.2 Å². The molecular formula is C9H9NO4S. The van der Waals surface area contributed by atoms with Crippen LogP contribution >= 0.6 is 0 Å². The summed E-state index contributed by atoms with van der Waals surface area (Å²) in [6.07, 6.45) is 0. The zero-order chi connectivity index (χ0) is 11.3. The molecule has 6 heteroatoms. The molecule has 80 valence electrons. The molecule has 0 aliphatic carbocycles. The molecule has 0 aliphatic rings. The van der Waals surface area contributed by atoms with Gasteiger partial charge in [0.2, 0.25) is 0 Å². The average molecular weight is 227 g/mol. The van der Waals surface area contributed by atoms with Crippen LogP contribution in [0.25, 0.3) is 0 Å². The molecule has 15 heavy (non-hydrogen) atoms. The summed E-state index contributed by atoms with van der Waals surface area (Å²) in [5.41, 5.74) is 0.850. The number of hydrogen-bond donors (Lipinski definition) is 0. The van der Waals surface area contributed by atoms with Crippen molar-refractivity contribution in [1.82, 2.24) is 0 Å². The molecule has 0 atom stereocenters. The fourth-order valence-corrected chi connectivity index (χ4v) is 1.33. The highest BCUT2D eigenvalue weighted by atomic mass is 32.2. The molecule has 0 spiro atoms. The quantitative estimate of drug-likeness (QED) is 0.723. The van der Waals surface area contributed by atoms with Gasteiger partial charge in [0.25, 0.3) is 0 Å². The topological polar surface area (TPSA) is 72.8 Å². The number of benzene rings is 1. The SMILES string of the molecule is COC(=O)c1ccccc1CN=S(=O)=O. The third-order valence-electron chi connectivity index (χ3n) is 1.76. The molecule has 0 amide bonds. The van der Waals surface area contributed by atoms with E-state index in [2.05, 4.69) is 9.10 Å². The summed E-state index contributed by atoms with van der Waals surface area (Å²) in [6, 6.07) is 6.56. The summed E-state index contributed by atoms with van der Waals surface area (Å²) < 4.78 is 28.3. The van der Waals surface area contributed by atoms with Crippen molar-refractivity contribution >= 4 is 16.5 Å². The Bertz CT molecular complexity index is 485. The minimum atomic E-state index is -2.47. The highest BCUT2D eigenvalue weighted by molar-refractivity contribution is 7.61. The number of hydrogen-bond acceptors (Lipinski definition) is 5. The van der Waals surface area contributed by atoms with Gasteiger partial charge >= 0.3 is 16.5 Å². The Morgan fingerprint density at radius 1 is 1.40 bits per heavy atom. The van der Waals surface area contributed by atoms with Gasteiger partial charge < -0.3 is 4.74 Å². The van der Waals surface area contributed by atoms with E-state index in [0.717, 1.165) is 0 Å². The molecule has 0 aromatic heterocycles. The van der Waals surface area contributed by atoms with Gasteiger partial charge in [-0.3, -0.25) is 0 Å². The van der Waals surface area contributed by atoms with E-state index in [1.54, 1.807) is 24.3 Å². The predicted octanol–water partition coefficient (Wildman–Crippen LogP) is 1.04. The fraction of sp³-hybridized carbons (Fsp3) is 0.222. The van der Waals surface area contributed by atoms with Gasteiger partial charge in [0.05, 0.1) is 19.2 Å². The molecule has 1 aromatic carbocycles. The molecule has 1 aromatic rings. The summed E-state index contributed by atoms with van der Waals surface area (Å²) in [7, 11) is -1.20. The summed E-state index contributed by atoms with van der Waals surface area (Å²) in [6.45, 7) is -0.0542. The molecule has 0 aliphatic heterocycles. The summed E-state index contributed by atoms with van der Waals surface area (Å²) in [5.74, 6) is -0.502. The zero-order valence-corrected chi connectivity index (χ0v) is 8.82. The summed E-state index contributed by atoms with van der Waals surface area (Å²) in [5, 5.41) is 0. The Kier molecular flexibility index (Phi) is 3.99. The van der Waals surface area contributed by atoms with Crippen LogP contribution in [0.3, 0.4) is 0 Å². The van der Waals surface area contributed by atoms with E-state index in [1.807, 2.05) is 0 Å². The fourth-order valence-electron chi connectivity index (χ4n) is 1.09. The maximum Gasteiger partial charge on any atom is 0.338 e. The van der Waals surface area contributed by atoms with Gasteiger partial charge in [0, 0.05) is 0 Å². The number of carbonyl (C=O) groups is 1. The van der Waals surface area contributed by atoms with Crippen LogP contribution in [0, 0.1) is 0 Å². The van der Waals surface area contributed by atoms with Crippen LogP contribution < -0.4 is 0 Å². The number of esters is 1. The molecule has 5 nitrogen and oxygen atoms in total. The minimum absolute atomic E-state index is 0.0542. The van der Waals surface area contributed by atoms with Gasteiger partial charge in [-0.25, -0.2) is 4.79 Å². The van der Waals surface area contributed by atoms with Crippen molar-refractivity contribution in [1.29, 1.82) is 0 Å². The van der Waals surface area contributed by atoms with Crippen molar-refractivity contribution in [3.63, 3.8) is 0 Å².